The Kier molecular flexibility index (Phi) is 5.36. The minimum absolute atomic E-state index is 0.319. The van der Waals surface area contributed by atoms with Gasteiger partial charge in [-0.25, -0.2) is 9.37 Å². The molecule has 2 rings (SSSR count). The van der Waals surface area contributed by atoms with Crippen molar-refractivity contribution in [1.29, 1.82) is 0 Å². The van der Waals surface area contributed by atoms with Crippen molar-refractivity contribution < 1.29 is 4.39 Å². The number of nitrogens with one attached hydrogen (secondary N) is 2. The van der Waals surface area contributed by atoms with Gasteiger partial charge in [-0.05, 0) is 25.2 Å². The lowest BCUT2D eigenvalue weighted by molar-refractivity contribution is 0.373. The standard InChI is InChI=1S/C14H23FN4/c1-2-8-16-14-18-10-12(15)13(19-14)17-9-11-6-4-3-5-7-11/h10-11H,2-9H2,1H3,(H2,16,17,18,19). The maximum Gasteiger partial charge on any atom is 0.224 e. The molecule has 5 heteroatoms. The summed E-state index contributed by atoms with van der Waals surface area (Å²) in [5, 5.41) is 6.20. The van der Waals surface area contributed by atoms with Crippen LogP contribution in [0.25, 0.3) is 0 Å². The van der Waals surface area contributed by atoms with Crippen LogP contribution in [0.3, 0.4) is 0 Å². The van der Waals surface area contributed by atoms with E-state index in [-0.39, 0.29) is 5.82 Å². The molecule has 106 valence electrons. The molecule has 0 aromatic carbocycles. The normalized spacial score (nSPS) is 16.3. The molecule has 19 heavy (non-hydrogen) atoms. The summed E-state index contributed by atoms with van der Waals surface area (Å²) in [4.78, 5) is 8.12. The van der Waals surface area contributed by atoms with Gasteiger partial charge < -0.3 is 10.6 Å². The van der Waals surface area contributed by atoms with E-state index in [1.165, 1.54) is 38.3 Å². The van der Waals surface area contributed by atoms with Crippen LogP contribution in [0.2, 0.25) is 0 Å². The molecule has 1 heterocycles. The minimum atomic E-state index is -0.377. The van der Waals surface area contributed by atoms with Crippen LogP contribution in [0.5, 0.6) is 0 Å². The van der Waals surface area contributed by atoms with E-state index < -0.39 is 0 Å². The maximum atomic E-state index is 13.6. The fourth-order valence-electron chi connectivity index (χ4n) is 2.45. The lowest BCUT2D eigenvalue weighted by atomic mass is 9.89. The molecule has 0 amide bonds. The molecule has 0 aliphatic heterocycles. The number of hydrogen-bond acceptors (Lipinski definition) is 4. The smallest absolute Gasteiger partial charge is 0.224 e. The molecule has 1 saturated carbocycles. The Balaban J connectivity index is 1.90. The molecular weight excluding hydrogens is 243 g/mol. The predicted molar refractivity (Wildman–Crippen MR) is 75.8 cm³/mol. The highest BCUT2D eigenvalue weighted by atomic mass is 19.1. The Morgan fingerprint density at radius 2 is 2.05 bits per heavy atom. The molecule has 0 bridgehead atoms. The monoisotopic (exact) mass is 266 g/mol. The van der Waals surface area contributed by atoms with Crippen LogP contribution in [0.15, 0.2) is 6.20 Å². The summed E-state index contributed by atoms with van der Waals surface area (Å²) in [5.74, 6) is 1.08. The summed E-state index contributed by atoms with van der Waals surface area (Å²) in [5.41, 5.74) is 0. The molecule has 4 nitrogen and oxygen atoms in total. The van der Waals surface area contributed by atoms with E-state index in [2.05, 4.69) is 27.5 Å². The van der Waals surface area contributed by atoms with Gasteiger partial charge in [-0.1, -0.05) is 26.2 Å². The van der Waals surface area contributed by atoms with Crippen LogP contribution >= 0.6 is 0 Å². The average Bonchev–Trinajstić information content (AvgIpc) is 2.46. The van der Waals surface area contributed by atoms with Crippen molar-refractivity contribution in [3.8, 4) is 0 Å². The van der Waals surface area contributed by atoms with E-state index in [9.17, 15) is 4.39 Å². The van der Waals surface area contributed by atoms with Crippen molar-refractivity contribution in [1.82, 2.24) is 9.97 Å². The zero-order valence-electron chi connectivity index (χ0n) is 11.6. The third-order valence-corrected chi connectivity index (χ3v) is 3.56. The molecule has 0 saturated heterocycles. The third-order valence-electron chi connectivity index (χ3n) is 3.56. The summed E-state index contributed by atoms with van der Waals surface area (Å²) < 4.78 is 13.6. The SMILES string of the molecule is CCCNc1ncc(F)c(NCC2CCCCC2)n1. The van der Waals surface area contributed by atoms with E-state index in [4.69, 9.17) is 0 Å². The van der Waals surface area contributed by atoms with Crippen molar-refractivity contribution in [2.24, 2.45) is 5.92 Å². The van der Waals surface area contributed by atoms with Crippen molar-refractivity contribution in [2.45, 2.75) is 45.4 Å². The zero-order valence-corrected chi connectivity index (χ0v) is 11.6. The number of nitrogens with zero attached hydrogens (tertiary/aromatic N) is 2. The second kappa shape index (κ2) is 7.26. The summed E-state index contributed by atoms with van der Waals surface area (Å²) in [7, 11) is 0. The molecule has 0 atom stereocenters. The second-order valence-corrected chi connectivity index (χ2v) is 5.20. The highest BCUT2D eigenvalue weighted by Gasteiger charge is 2.14. The topological polar surface area (TPSA) is 49.8 Å². The molecule has 1 fully saturated rings. The molecule has 1 aliphatic carbocycles. The van der Waals surface area contributed by atoms with Crippen LogP contribution < -0.4 is 10.6 Å². The van der Waals surface area contributed by atoms with Gasteiger partial charge in [0.05, 0.1) is 6.20 Å². The minimum Gasteiger partial charge on any atom is -0.367 e. The Hall–Kier alpha value is -1.39. The fourth-order valence-corrected chi connectivity index (χ4v) is 2.45. The van der Waals surface area contributed by atoms with Gasteiger partial charge in [0, 0.05) is 13.1 Å². The van der Waals surface area contributed by atoms with Crippen LogP contribution in [-0.4, -0.2) is 23.1 Å². The maximum absolute atomic E-state index is 13.6. The van der Waals surface area contributed by atoms with Crippen molar-refractivity contribution in [2.75, 3.05) is 23.7 Å². The lowest BCUT2D eigenvalue weighted by Gasteiger charge is -2.22. The molecule has 1 aromatic heterocycles. The molecule has 0 unspecified atom stereocenters. The van der Waals surface area contributed by atoms with Crippen LogP contribution in [0, 0.1) is 11.7 Å². The van der Waals surface area contributed by atoms with Gasteiger partial charge in [0.2, 0.25) is 5.95 Å². The number of hydrogen-bond donors (Lipinski definition) is 2. The van der Waals surface area contributed by atoms with Gasteiger partial charge in [0.1, 0.15) is 0 Å². The van der Waals surface area contributed by atoms with Crippen molar-refractivity contribution in [3.63, 3.8) is 0 Å². The highest BCUT2D eigenvalue weighted by molar-refractivity contribution is 5.41. The lowest BCUT2D eigenvalue weighted by Crippen LogP contribution is -2.19. The Bertz CT molecular complexity index is 391. The summed E-state index contributed by atoms with van der Waals surface area (Å²) in [6.45, 7) is 3.67. The van der Waals surface area contributed by atoms with E-state index in [0.717, 1.165) is 19.5 Å². The first-order chi connectivity index (χ1) is 9.29. The number of aromatic nitrogens is 2. The Labute approximate surface area is 114 Å². The second-order valence-electron chi connectivity index (χ2n) is 5.20. The Morgan fingerprint density at radius 3 is 2.79 bits per heavy atom. The fraction of sp³-hybridized carbons (Fsp3) is 0.714. The summed E-state index contributed by atoms with van der Waals surface area (Å²) in [6, 6.07) is 0. The van der Waals surface area contributed by atoms with E-state index in [1.54, 1.807) is 0 Å². The first kappa shape index (κ1) is 14.0. The van der Waals surface area contributed by atoms with Crippen LogP contribution in [-0.2, 0) is 0 Å². The third kappa shape index (κ3) is 4.33. The molecule has 2 N–H and O–H groups in total. The molecule has 0 spiro atoms. The largest absolute Gasteiger partial charge is 0.367 e. The van der Waals surface area contributed by atoms with Gasteiger partial charge in [-0.15, -0.1) is 0 Å². The first-order valence-corrected chi connectivity index (χ1v) is 7.30. The van der Waals surface area contributed by atoms with Crippen molar-refractivity contribution >= 4 is 11.8 Å². The van der Waals surface area contributed by atoms with Crippen LogP contribution in [0.1, 0.15) is 45.4 Å². The number of rotatable bonds is 6. The van der Waals surface area contributed by atoms with Crippen molar-refractivity contribution in [3.05, 3.63) is 12.0 Å². The van der Waals surface area contributed by atoms with E-state index >= 15 is 0 Å². The summed E-state index contributed by atoms with van der Waals surface area (Å²) >= 11 is 0. The van der Waals surface area contributed by atoms with Gasteiger partial charge in [-0.3, -0.25) is 0 Å². The van der Waals surface area contributed by atoms with E-state index in [1.807, 2.05) is 0 Å². The van der Waals surface area contributed by atoms with E-state index in [0.29, 0.717) is 17.7 Å². The van der Waals surface area contributed by atoms with Crippen LogP contribution in [0.4, 0.5) is 16.2 Å². The number of anilines is 2. The predicted octanol–water partition coefficient (Wildman–Crippen LogP) is 3.43. The summed E-state index contributed by atoms with van der Waals surface area (Å²) in [6.07, 6.45) is 8.62. The first-order valence-electron chi connectivity index (χ1n) is 7.30. The highest BCUT2D eigenvalue weighted by Crippen LogP contribution is 2.24. The van der Waals surface area contributed by atoms with Gasteiger partial charge in [0.25, 0.3) is 0 Å². The van der Waals surface area contributed by atoms with Gasteiger partial charge >= 0.3 is 0 Å². The zero-order chi connectivity index (χ0) is 13.5. The average molecular weight is 266 g/mol. The number of halogens is 1. The van der Waals surface area contributed by atoms with Gasteiger partial charge in [-0.2, -0.15) is 4.98 Å². The molecule has 1 aromatic rings. The molecule has 0 radical (unpaired) electrons. The molecular formula is C14H23FN4. The molecule has 1 aliphatic rings. The van der Waals surface area contributed by atoms with Gasteiger partial charge in [0.15, 0.2) is 11.6 Å². The Morgan fingerprint density at radius 1 is 1.26 bits per heavy atom. The quantitative estimate of drug-likeness (QED) is 0.828.